The van der Waals surface area contributed by atoms with Crippen LogP contribution in [0.4, 0.5) is 0 Å². The van der Waals surface area contributed by atoms with Crippen LogP contribution in [0.1, 0.15) is 77.7 Å². The molecular formula is C24H32N2. The number of nitriles is 2. The fraction of sp³-hybridized carbons (Fsp3) is 0.500. The first kappa shape index (κ1) is 21.7. The summed E-state index contributed by atoms with van der Waals surface area (Å²) in [7, 11) is 0. The number of hydrogen-bond acceptors (Lipinski definition) is 2. The third-order valence-electron chi connectivity index (χ3n) is 4.64. The first-order valence-corrected chi connectivity index (χ1v) is 9.76. The quantitative estimate of drug-likeness (QED) is 0.417. The van der Waals surface area contributed by atoms with Crippen molar-refractivity contribution in [3.05, 3.63) is 53.1 Å². The lowest BCUT2D eigenvalue weighted by Crippen LogP contribution is -1.97. The highest BCUT2D eigenvalue weighted by molar-refractivity contribution is 5.79. The maximum absolute atomic E-state index is 9.22. The minimum absolute atomic E-state index is 0.551. The Kier molecular flexibility index (Phi) is 10.8. The van der Waals surface area contributed by atoms with Gasteiger partial charge in [-0.3, -0.25) is 0 Å². The molecule has 0 aliphatic heterocycles. The van der Waals surface area contributed by atoms with Gasteiger partial charge in [0, 0.05) is 6.42 Å². The molecule has 0 aromatic heterocycles. The second kappa shape index (κ2) is 13.0. The van der Waals surface area contributed by atoms with Crippen molar-refractivity contribution in [3.63, 3.8) is 0 Å². The fourth-order valence-electron chi connectivity index (χ4n) is 3.10. The molecule has 1 fully saturated rings. The SMILES string of the molecule is CC(C)=CCCC(C)CC#N.N#CC(=C1CCCCC1)c1ccccc1. The Morgan fingerprint density at radius 3 is 2.27 bits per heavy atom. The van der Waals surface area contributed by atoms with Gasteiger partial charge >= 0.3 is 0 Å². The van der Waals surface area contributed by atoms with Crippen LogP contribution in [0.3, 0.4) is 0 Å². The molecule has 1 aliphatic carbocycles. The van der Waals surface area contributed by atoms with Crippen molar-refractivity contribution in [3.8, 4) is 12.1 Å². The van der Waals surface area contributed by atoms with Gasteiger partial charge < -0.3 is 0 Å². The molecule has 1 unspecified atom stereocenters. The molecule has 1 aromatic carbocycles. The van der Waals surface area contributed by atoms with Gasteiger partial charge in [0.15, 0.2) is 0 Å². The Balaban J connectivity index is 0.000000276. The molecule has 0 bridgehead atoms. The molecule has 2 rings (SSSR count). The van der Waals surface area contributed by atoms with Crippen LogP contribution in [-0.4, -0.2) is 0 Å². The Morgan fingerprint density at radius 2 is 1.73 bits per heavy atom. The Labute approximate surface area is 159 Å². The zero-order valence-corrected chi connectivity index (χ0v) is 16.6. The van der Waals surface area contributed by atoms with Gasteiger partial charge in [-0.15, -0.1) is 0 Å². The molecule has 26 heavy (non-hydrogen) atoms. The smallest absolute Gasteiger partial charge is 0.0997 e. The topological polar surface area (TPSA) is 47.6 Å². The van der Waals surface area contributed by atoms with Gasteiger partial charge in [-0.05, 0) is 63.9 Å². The highest BCUT2D eigenvalue weighted by Gasteiger charge is 2.12. The predicted molar refractivity (Wildman–Crippen MR) is 110 cm³/mol. The number of nitrogens with zero attached hydrogens (tertiary/aromatic N) is 2. The molecule has 2 heteroatoms. The van der Waals surface area contributed by atoms with Crippen molar-refractivity contribution in [2.75, 3.05) is 0 Å². The molecule has 0 N–H and O–H groups in total. The predicted octanol–water partition coefficient (Wildman–Crippen LogP) is 7.21. The molecule has 1 aromatic rings. The Morgan fingerprint density at radius 1 is 1.08 bits per heavy atom. The molecule has 0 radical (unpaired) electrons. The van der Waals surface area contributed by atoms with E-state index in [4.69, 9.17) is 5.26 Å². The second-order valence-electron chi connectivity index (χ2n) is 7.34. The summed E-state index contributed by atoms with van der Waals surface area (Å²) in [4.78, 5) is 0. The average molecular weight is 349 g/mol. The van der Waals surface area contributed by atoms with Crippen molar-refractivity contribution in [1.82, 2.24) is 0 Å². The minimum Gasteiger partial charge on any atom is -0.198 e. The maximum atomic E-state index is 9.22. The van der Waals surface area contributed by atoms with Gasteiger partial charge in [0.25, 0.3) is 0 Å². The summed E-state index contributed by atoms with van der Waals surface area (Å²) in [5, 5.41) is 17.6. The first-order valence-electron chi connectivity index (χ1n) is 9.76. The minimum atomic E-state index is 0.551. The van der Waals surface area contributed by atoms with E-state index in [1.807, 2.05) is 30.3 Å². The molecule has 138 valence electrons. The van der Waals surface area contributed by atoms with E-state index in [9.17, 15) is 5.26 Å². The van der Waals surface area contributed by atoms with Gasteiger partial charge in [-0.25, -0.2) is 0 Å². The number of allylic oxidation sites excluding steroid dienone is 4. The highest BCUT2D eigenvalue weighted by Crippen LogP contribution is 2.30. The number of hydrogen-bond donors (Lipinski definition) is 0. The van der Waals surface area contributed by atoms with Crippen molar-refractivity contribution in [1.29, 1.82) is 10.5 Å². The molecule has 0 spiro atoms. The number of rotatable bonds is 5. The Hall–Kier alpha value is -2.32. The van der Waals surface area contributed by atoms with Gasteiger partial charge in [-0.1, -0.05) is 60.9 Å². The van der Waals surface area contributed by atoms with E-state index in [-0.39, 0.29) is 0 Å². The van der Waals surface area contributed by atoms with Crippen LogP contribution in [0.15, 0.2) is 47.6 Å². The van der Waals surface area contributed by atoms with Crippen LogP contribution in [0.5, 0.6) is 0 Å². The third kappa shape index (κ3) is 8.68. The van der Waals surface area contributed by atoms with Crippen molar-refractivity contribution in [2.24, 2.45) is 5.92 Å². The molecule has 0 amide bonds. The van der Waals surface area contributed by atoms with Crippen molar-refractivity contribution in [2.45, 2.75) is 72.1 Å². The van der Waals surface area contributed by atoms with Crippen LogP contribution >= 0.6 is 0 Å². The summed E-state index contributed by atoms with van der Waals surface area (Å²) >= 11 is 0. The molecular weight excluding hydrogens is 316 g/mol. The molecule has 1 atom stereocenters. The van der Waals surface area contributed by atoms with Crippen LogP contribution in [-0.2, 0) is 0 Å². The molecule has 2 nitrogen and oxygen atoms in total. The zero-order chi connectivity index (χ0) is 19.2. The zero-order valence-electron chi connectivity index (χ0n) is 16.6. The molecule has 1 saturated carbocycles. The monoisotopic (exact) mass is 348 g/mol. The van der Waals surface area contributed by atoms with Crippen molar-refractivity contribution >= 4 is 5.57 Å². The summed E-state index contributed by atoms with van der Waals surface area (Å²) in [5.74, 6) is 0.551. The van der Waals surface area contributed by atoms with Crippen LogP contribution in [0, 0.1) is 28.6 Å². The summed E-state index contributed by atoms with van der Waals surface area (Å²) in [6.45, 7) is 6.34. The second-order valence-corrected chi connectivity index (χ2v) is 7.34. The lowest BCUT2D eigenvalue weighted by atomic mass is 9.89. The van der Waals surface area contributed by atoms with E-state index in [1.165, 1.54) is 30.4 Å². The lowest BCUT2D eigenvalue weighted by Gasteiger charge is -2.15. The molecule has 0 saturated heterocycles. The molecule has 1 aliphatic rings. The van der Waals surface area contributed by atoms with E-state index in [0.29, 0.717) is 12.3 Å². The first-order chi connectivity index (χ1) is 12.6. The third-order valence-corrected chi connectivity index (χ3v) is 4.64. The Bertz CT molecular complexity index is 656. The van der Waals surface area contributed by atoms with Crippen LogP contribution in [0.25, 0.3) is 5.57 Å². The summed E-state index contributed by atoms with van der Waals surface area (Å²) < 4.78 is 0. The summed E-state index contributed by atoms with van der Waals surface area (Å²) in [5.41, 5.74) is 4.72. The molecule has 0 heterocycles. The summed E-state index contributed by atoms with van der Waals surface area (Å²) in [6, 6.07) is 14.6. The van der Waals surface area contributed by atoms with E-state index in [2.05, 4.69) is 39.0 Å². The normalized spacial score (nSPS) is 14.1. The fourth-order valence-corrected chi connectivity index (χ4v) is 3.10. The highest BCUT2D eigenvalue weighted by atomic mass is 14.3. The van der Waals surface area contributed by atoms with Gasteiger partial charge in [0.1, 0.15) is 0 Å². The van der Waals surface area contributed by atoms with E-state index < -0.39 is 0 Å². The number of benzene rings is 1. The van der Waals surface area contributed by atoms with Gasteiger partial charge in [0.2, 0.25) is 0 Å². The van der Waals surface area contributed by atoms with Gasteiger partial charge in [-0.2, -0.15) is 10.5 Å². The van der Waals surface area contributed by atoms with Crippen LogP contribution < -0.4 is 0 Å². The van der Waals surface area contributed by atoms with E-state index >= 15 is 0 Å². The van der Waals surface area contributed by atoms with E-state index in [1.54, 1.807) is 0 Å². The van der Waals surface area contributed by atoms with Crippen molar-refractivity contribution < 1.29 is 0 Å². The standard InChI is InChI=1S/C14H15N.C10H17N/c15-11-14(12-7-3-1-4-8-12)13-9-5-2-6-10-13;1-9(2)5-4-6-10(3)7-8-11/h1,3-4,7-8H,2,5-6,9-10H2;5,10H,4,6-7H2,1-3H3. The summed E-state index contributed by atoms with van der Waals surface area (Å²) in [6.07, 6.45) is 11.2. The van der Waals surface area contributed by atoms with E-state index in [0.717, 1.165) is 36.8 Å². The van der Waals surface area contributed by atoms with Crippen LogP contribution in [0.2, 0.25) is 0 Å². The van der Waals surface area contributed by atoms with Gasteiger partial charge in [0.05, 0.1) is 17.7 Å². The largest absolute Gasteiger partial charge is 0.198 e. The average Bonchev–Trinajstić information content (AvgIpc) is 2.65. The maximum Gasteiger partial charge on any atom is 0.0997 e. The lowest BCUT2D eigenvalue weighted by molar-refractivity contribution is 0.551.